The topological polar surface area (TPSA) is 121 Å². The summed E-state index contributed by atoms with van der Waals surface area (Å²) in [7, 11) is -1.75. The number of nitrogens with zero attached hydrogens (tertiary/aromatic N) is 1. The average Bonchev–Trinajstić information content (AvgIpc) is 3.32. The number of terminal acetylenes is 1. The summed E-state index contributed by atoms with van der Waals surface area (Å²) in [5.41, 5.74) is -1.11. The number of carbonyl (C=O) groups excluding carboxylic acids is 1. The van der Waals surface area contributed by atoms with Crippen LogP contribution in [0.2, 0.25) is 0 Å². The lowest BCUT2D eigenvalue weighted by Gasteiger charge is -2.23. The smallest absolute Gasteiger partial charge is 0.330 e. The lowest BCUT2D eigenvalue weighted by molar-refractivity contribution is -0.149. The molecule has 10 nitrogen and oxygen atoms in total. The minimum atomic E-state index is -1.75. The van der Waals surface area contributed by atoms with E-state index in [0.717, 1.165) is 0 Å². The van der Waals surface area contributed by atoms with E-state index in [0.29, 0.717) is 12.2 Å². The van der Waals surface area contributed by atoms with Crippen molar-refractivity contribution in [2.45, 2.75) is 79.4 Å². The minimum Gasteiger partial charge on any atom is -0.462 e. The van der Waals surface area contributed by atoms with Crippen molar-refractivity contribution in [1.29, 1.82) is 0 Å². The van der Waals surface area contributed by atoms with Gasteiger partial charge in [0.05, 0.1) is 24.7 Å². The first kappa shape index (κ1) is 33.1. The highest BCUT2D eigenvalue weighted by molar-refractivity contribution is 7.45. The fourth-order valence-electron chi connectivity index (χ4n) is 3.26. The number of rotatable bonds is 10. The van der Waals surface area contributed by atoms with Crippen LogP contribution in [-0.4, -0.2) is 40.4 Å². The lowest BCUT2D eigenvalue weighted by Crippen LogP contribution is -2.35. The van der Waals surface area contributed by atoms with Crippen LogP contribution in [-0.2, 0) is 18.8 Å². The maximum absolute atomic E-state index is 12.2. The van der Waals surface area contributed by atoms with Crippen LogP contribution in [0.5, 0.6) is 5.75 Å². The second-order valence-electron chi connectivity index (χ2n) is 7.97. The Labute approximate surface area is 226 Å². The third kappa shape index (κ3) is 10.4. The molecule has 0 saturated carbocycles. The van der Waals surface area contributed by atoms with Crippen molar-refractivity contribution in [2.75, 3.05) is 6.61 Å². The molecule has 11 heteroatoms. The number of nitrogens with one attached hydrogen (secondary N) is 2. The Hall–Kier alpha value is -2.96. The van der Waals surface area contributed by atoms with Gasteiger partial charge in [0, 0.05) is 12.3 Å². The van der Waals surface area contributed by atoms with Crippen LogP contribution in [0.4, 0.5) is 0 Å². The van der Waals surface area contributed by atoms with E-state index in [1.807, 2.05) is 45.9 Å². The normalized spacial score (nSPS) is 19.6. The second-order valence-corrected chi connectivity index (χ2v) is 9.18. The molecule has 4 unspecified atom stereocenters. The molecule has 5 atom stereocenters. The van der Waals surface area contributed by atoms with Gasteiger partial charge in [-0.1, -0.05) is 51.8 Å². The summed E-state index contributed by atoms with van der Waals surface area (Å²) in [6.45, 7) is 13.3. The van der Waals surface area contributed by atoms with Crippen molar-refractivity contribution >= 4 is 14.5 Å². The van der Waals surface area contributed by atoms with Crippen LogP contribution in [0.25, 0.3) is 0 Å². The van der Waals surface area contributed by atoms with Crippen LogP contribution < -0.4 is 20.9 Å². The van der Waals surface area contributed by atoms with E-state index < -0.39 is 50.0 Å². The number of ether oxygens (including phenoxy) is 2. The van der Waals surface area contributed by atoms with Crippen LogP contribution in [0, 0.1) is 18.3 Å². The van der Waals surface area contributed by atoms with Gasteiger partial charge >= 0.3 is 20.2 Å². The lowest BCUT2D eigenvalue weighted by atomic mass is 10.0. The highest BCUT2D eigenvalue weighted by atomic mass is 31.2. The Morgan fingerprint density at radius 3 is 2.42 bits per heavy atom. The van der Waals surface area contributed by atoms with Gasteiger partial charge in [-0.15, -0.1) is 6.42 Å². The molecule has 2 N–H and O–H groups in total. The molecule has 210 valence electrons. The summed E-state index contributed by atoms with van der Waals surface area (Å²) >= 11 is 0. The average molecular weight is 550 g/mol. The Morgan fingerprint density at radius 1 is 1.18 bits per heavy atom. The van der Waals surface area contributed by atoms with Gasteiger partial charge in [0.2, 0.25) is 0 Å². The summed E-state index contributed by atoms with van der Waals surface area (Å²) in [5.74, 6) is 2.39. The SMILES string of the molecule is C#C[C@H]1CC(COP(NC(C)C(=O)OC(C)C)Oc2ccccc2)OC1n1ccc(=O)[nH]c1=O.CC.CC. The molecule has 0 spiro atoms. The molecular formula is C27H40N3O7P. The van der Waals surface area contributed by atoms with Crippen LogP contribution in [0.15, 0.2) is 52.2 Å². The van der Waals surface area contributed by atoms with Crippen molar-refractivity contribution in [1.82, 2.24) is 14.6 Å². The third-order valence-electron chi connectivity index (χ3n) is 4.85. The molecule has 1 saturated heterocycles. The van der Waals surface area contributed by atoms with Crippen LogP contribution in [0.3, 0.4) is 0 Å². The molecule has 2 heterocycles. The summed E-state index contributed by atoms with van der Waals surface area (Å²) in [6, 6.07) is 9.61. The molecule has 3 rings (SSSR count). The van der Waals surface area contributed by atoms with Crippen LogP contribution in [0.1, 0.15) is 61.1 Å². The fourth-order valence-corrected chi connectivity index (χ4v) is 4.47. The Morgan fingerprint density at radius 2 is 1.84 bits per heavy atom. The number of carbonyl (C=O) groups is 1. The van der Waals surface area contributed by atoms with Crippen molar-refractivity contribution in [2.24, 2.45) is 5.92 Å². The Kier molecular flexibility index (Phi) is 15.3. The summed E-state index contributed by atoms with van der Waals surface area (Å²) < 4.78 is 24.4. The van der Waals surface area contributed by atoms with Gasteiger partial charge in [-0.25, -0.2) is 9.88 Å². The van der Waals surface area contributed by atoms with Crippen molar-refractivity contribution in [3.8, 4) is 18.1 Å². The highest BCUT2D eigenvalue weighted by Crippen LogP contribution is 2.39. The van der Waals surface area contributed by atoms with Crippen LogP contribution >= 0.6 is 8.53 Å². The molecule has 1 aliphatic heterocycles. The molecular weight excluding hydrogens is 509 g/mol. The standard InChI is InChI=1S/C23H28N3O7P.2C2H6/c1-5-17-13-19(32-21(17)26-12-11-20(27)24-23(26)29)14-30-34(33-18-9-7-6-8-10-18)25-16(4)22(28)31-15(2)3;2*1-2/h1,6-12,15-17,19,21,25H,13-14H2,2-4H3,(H,24,27,29);2*1-2H3/t16?,17-,19?,21?,34?;;/m0../s1. The first-order valence-electron chi connectivity index (χ1n) is 12.8. The molecule has 1 aliphatic rings. The monoisotopic (exact) mass is 549 g/mol. The summed E-state index contributed by atoms with van der Waals surface area (Å²) in [4.78, 5) is 38.0. The van der Waals surface area contributed by atoms with E-state index in [1.165, 1.54) is 16.8 Å². The second kappa shape index (κ2) is 17.5. The van der Waals surface area contributed by atoms with Crippen molar-refractivity contribution in [3.05, 3.63) is 63.4 Å². The van der Waals surface area contributed by atoms with E-state index in [-0.39, 0.29) is 12.7 Å². The van der Waals surface area contributed by atoms with Crippen molar-refractivity contribution < 1.29 is 23.3 Å². The number of hydrogen-bond donors (Lipinski definition) is 2. The van der Waals surface area contributed by atoms with E-state index >= 15 is 0 Å². The van der Waals surface area contributed by atoms with Gasteiger partial charge in [0.1, 0.15) is 11.8 Å². The minimum absolute atomic E-state index is 0.101. The molecule has 38 heavy (non-hydrogen) atoms. The summed E-state index contributed by atoms with van der Waals surface area (Å²) in [5, 5.41) is 3.03. The third-order valence-corrected chi connectivity index (χ3v) is 6.20. The summed E-state index contributed by atoms with van der Waals surface area (Å²) in [6.07, 6.45) is 6.03. The molecule has 0 radical (unpaired) electrons. The van der Waals surface area contributed by atoms with E-state index in [1.54, 1.807) is 32.9 Å². The Bertz CT molecular complexity index is 1110. The largest absolute Gasteiger partial charge is 0.462 e. The zero-order valence-corrected chi connectivity index (χ0v) is 24.1. The highest BCUT2D eigenvalue weighted by Gasteiger charge is 2.37. The molecule has 1 fully saturated rings. The van der Waals surface area contributed by atoms with Gasteiger partial charge in [-0.05, 0) is 39.3 Å². The molecule has 1 aromatic carbocycles. The number of H-pyrrole nitrogens is 1. The number of esters is 1. The number of benzene rings is 1. The van der Waals surface area contributed by atoms with Gasteiger partial charge in [-0.2, -0.15) is 0 Å². The van der Waals surface area contributed by atoms with Gasteiger partial charge in [0.25, 0.3) is 5.56 Å². The first-order chi connectivity index (χ1) is 18.3. The molecule has 0 bridgehead atoms. The molecule has 0 amide bonds. The van der Waals surface area contributed by atoms with Gasteiger partial charge in [-0.3, -0.25) is 19.1 Å². The van der Waals surface area contributed by atoms with E-state index in [2.05, 4.69) is 16.0 Å². The predicted molar refractivity (Wildman–Crippen MR) is 149 cm³/mol. The van der Waals surface area contributed by atoms with Gasteiger partial charge in [0.15, 0.2) is 6.23 Å². The number of aromatic amines is 1. The number of aromatic nitrogens is 2. The fraction of sp³-hybridized carbons (Fsp3) is 0.519. The molecule has 1 aromatic heterocycles. The quantitative estimate of drug-likeness (QED) is 0.255. The molecule has 0 aliphatic carbocycles. The maximum atomic E-state index is 12.2. The van der Waals surface area contributed by atoms with Gasteiger partial charge < -0.3 is 18.5 Å². The zero-order valence-electron chi connectivity index (χ0n) is 23.2. The van der Waals surface area contributed by atoms with Crippen molar-refractivity contribution in [3.63, 3.8) is 0 Å². The van der Waals surface area contributed by atoms with E-state index in [4.69, 9.17) is 24.9 Å². The zero-order chi connectivity index (χ0) is 28.7. The first-order valence-corrected chi connectivity index (χ1v) is 14.0. The van der Waals surface area contributed by atoms with E-state index in [9.17, 15) is 14.4 Å². The Balaban J connectivity index is 0.00000172. The number of hydrogen-bond acceptors (Lipinski definition) is 8. The predicted octanol–water partition coefficient (Wildman–Crippen LogP) is 4.38. The molecule has 2 aromatic rings. The maximum Gasteiger partial charge on any atom is 0.330 e. The number of para-hydroxylation sites is 1.